The van der Waals surface area contributed by atoms with Gasteiger partial charge in [-0.1, -0.05) is 23.7 Å². The first-order valence-electron chi connectivity index (χ1n) is 5.99. The van der Waals surface area contributed by atoms with Gasteiger partial charge in [-0.3, -0.25) is 0 Å². The molecule has 0 radical (unpaired) electrons. The molecule has 0 aromatic heterocycles. The van der Waals surface area contributed by atoms with Crippen molar-refractivity contribution in [1.29, 1.82) is 0 Å². The highest BCUT2D eigenvalue weighted by Crippen LogP contribution is 2.41. The standard InChI is InChI=1S/C13H17ClN2O2/c1-18-6-5-15-13(17)16-12-8-11(12)9-3-2-4-10(14)7-9/h2-4,7,11-12H,5-6,8H2,1H3,(H2,15,16,17)/t11-,12-/m1/s1. The van der Waals surface area contributed by atoms with Crippen LogP contribution in [0.4, 0.5) is 4.79 Å². The number of benzene rings is 1. The Morgan fingerprint density at radius 3 is 3.11 bits per heavy atom. The number of amides is 2. The fourth-order valence-corrected chi connectivity index (χ4v) is 2.14. The van der Waals surface area contributed by atoms with E-state index in [1.165, 1.54) is 5.56 Å². The number of carbonyl (C=O) groups is 1. The number of methoxy groups -OCH3 is 1. The van der Waals surface area contributed by atoms with Crippen LogP contribution in [0.3, 0.4) is 0 Å². The van der Waals surface area contributed by atoms with Gasteiger partial charge in [0.05, 0.1) is 6.61 Å². The van der Waals surface area contributed by atoms with Crippen molar-refractivity contribution in [3.63, 3.8) is 0 Å². The summed E-state index contributed by atoms with van der Waals surface area (Å²) in [5, 5.41) is 6.41. The molecular weight excluding hydrogens is 252 g/mol. The van der Waals surface area contributed by atoms with Crippen molar-refractivity contribution in [2.45, 2.75) is 18.4 Å². The Morgan fingerprint density at radius 2 is 2.39 bits per heavy atom. The van der Waals surface area contributed by atoms with Crippen LogP contribution in [0.2, 0.25) is 5.02 Å². The van der Waals surface area contributed by atoms with Gasteiger partial charge in [-0.25, -0.2) is 4.79 Å². The third-order valence-corrected chi connectivity index (χ3v) is 3.21. The van der Waals surface area contributed by atoms with E-state index in [0.29, 0.717) is 19.1 Å². The molecule has 1 aliphatic rings. The summed E-state index contributed by atoms with van der Waals surface area (Å²) in [6, 6.07) is 7.86. The summed E-state index contributed by atoms with van der Waals surface area (Å²) in [6.07, 6.45) is 0.970. The second-order valence-electron chi connectivity index (χ2n) is 4.40. The maximum atomic E-state index is 11.5. The molecule has 2 N–H and O–H groups in total. The zero-order valence-electron chi connectivity index (χ0n) is 10.3. The first-order valence-corrected chi connectivity index (χ1v) is 6.37. The topological polar surface area (TPSA) is 50.4 Å². The van der Waals surface area contributed by atoms with Gasteiger partial charge in [-0.2, -0.15) is 0 Å². The Kier molecular flexibility index (Phi) is 4.44. The van der Waals surface area contributed by atoms with Gasteiger partial charge in [-0.15, -0.1) is 0 Å². The van der Waals surface area contributed by atoms with Crippen LogP contribution in [0.15, 0.2) is 24.3 Å². The maximum absolute atomic E-state index is 11.5. The summed E-state index contributed by atoms with van der Waals surface area (Å²) >= 11 is 5.94. The molecule has 1 saturated carbocycles. The fraction of sp³-hybridized carbons (Fsp3) is 0.462. The number of nitrogens with one attached hydrogen (secondary N) is 2. The minimum absolute atomic E-state index is 0.137. The van der Waals surface area contributed by atoms with Crippen molar-refractivity contribution in [2.24, 2.45) is 0 Å². The highest BCUT2D eigenvalue weighted by Gasteiger charge is 2.39. The molecule has 5 heteroatoms. The molecule has 4 nitrogen and oxygen atoms in total. The van der Waals surface area contributed by atoms with Gasteiger partial charge < -0.3 is 15.4 Å². The number of ether oxygens (including phenoxy) is 1. The van der Waals surface area contributed by atoms with Gasteiger partial charge in [-0.05, 0) is 24.1 Å². The van der Waals surface area contributed by atoms with Crippen LogP contribution in [0.25, 0.3) is 0 Å². The highest BCUT2D eigenvalue weighted by molar-refractivity contribution is 6.30. The normalized spacial score (nSPS) is 21.4. The van der Waals surface area contributed by atoms with Crippen LogP contribution in [0, 0.1) is 0 Å². The molecule has 1 aromatic carbocycles. The molecule has 0 aliphatic heterocycles. The average Bonchev–Trinajstić information content (AvgIpc) is 3.08. The van der Waals surface area contributed by atoms with Crippen molar-refractivity contribution >= 4 is 17.6 Å². The number of rotatable bonds is 5. The van der Waals surface area contributed by atoms with Crippen LogP contribution in [-0.4, -0.2) is 32.3 Å². The quantitative estimate of drug-likeness (QED) is 0.804. The molecule has 0 heterocycles. The lowest BCUT2D eigenvalue weighted by Crippen LogP contribution is -2.38. The molecule has 0 spiro atoms. The second kappa shape index (κ2) is 6.07. The van der Waals surface area contributed by atoms with Crippen LogP contribution in [-0.2, 0) is 4.74 Å². The molecule has 18 heavy (non-hydrogen) atoms. The van der Waals surface area contributed by atoms with Gasteiger partial charge in [0.1, 0.15) is 0 Å². The monoisotopic (exact) mass is 268 g/mol. The summed E-state index contributed by atoms with van der Waals surface area (Å²) in [5.41, 5.74) is 1.18. The lowest BCUT2D eigenvalue weighted by atomic mass is 10.1. The summed E-state index contributed by atoms with van der Waals surface area (Å²) in [6.45, 7) is 1.05. The minimum atomic E-state index is -0.137. The SMILES string of the molecule is COCCNC(=O)N[C@@H]1C[C@@H]1c1cccc(Cl)c1. The third-order valence-electron chi connectivity index (χ3n) is 2.98. The van der Waals surface area contributed by atoms with Crippen molar-refractivity contribution in [2.75, 3.05) is 20.3 Å². The average molecular weight is 269 g/mol. The minimum Gasteiger partial charge on any atom is -0.383 e. The van der Waals surface area contributed by atoms with Crippen molar-refractivity contribution < 1.29 is 9.53 Å². The molecule has 1 aliphatic carbocycles. The van der Waals surface area contributed by atoms with E-state index in [2.05, 4.69) is 10.6 Å². The smallest absolute Gasteiger partial charge is 0.315 e. The molecule has 98 valence electrons. The fourth-order valence-electron chi connectivity index (χ4n) is 1.95. The molecule has 1 aromatic rings. The Bertz CT molecular complexity index is 425. The molecule has 2 rings (SSSR count). The lowest BCUT2D eigenvalue weighted by molar-refractivity contribution is 0.195. The number of hydrogen-bond donors (Lipinski definition) is 2. The van der Waals surface area contributed by atoms with E-state index in [4.69, 9.17) is 16.3 Å². The molecule has 1 fully saturated rings. The molecule has 0 unspecified atom stereocenters. The van der Waals surface area contributed by atoms with E-state index in [1.54, 1.807) is 7.11 Å². The summed E-state index contributed by atoms with van der Waals surface area (Å²) in [5.74, 6) is 0.386. The van der Waals surface area contributed by atoms with E-state index < -0.39 is 0 Å². The van der Waals surface area contributed by atoms with Crippen LogP contribution in [0.5, 0.6) is 0 Å². The van der Waals surface area contributed by atoms with Crippen LogP contribution < -0.4 is 10.6 Å². The molecule has 2 amide bonds. The first kappa shape index (κ1) is 13.2. The Balaban J connectivity index is 1.76. The summed E-state index contributed by atoms with van der Waals surface area (Å²) in [4.78, 5) is 11.5. The zero-order valence-corrected chi connectivity index (χ0v) is 11.0. The van der Waals surface area contributed by atoms with Crippen molar-refractivity contribution in [3.05, 3.63) is 34.9 Å². The van der Waals surface area contributed by atoms with E-state index >= 15 is 0 Å². The Morgan fingerprint density at radius 1 is 1.56 bits per heavy atom. The number of halogens is 1. The highest BCUT2D eigenvalue weighted by atomic mass is 35.5. The molecule has 0 bridgehead atoms. The Labute approximate surface area is 112 Å². The van der Waals surface area contributed by atoms with Crippen molar-refractivity contribution in [1.82, 2.24) is 10.6 Å². The van der Waals surface area contributed by atoms with Gasteiger partial charge in [0.2, 0.25) is 0 Å². The second-order valence-corrected chi connectivity index (χ2v) is 4.83. The van der Waals surface area contributed by atoms with E-state index in [9.17, 15) is 4.79 Å². The van der Waals surface area contributed by atoms with Gasteiger partial charge >= 0.3 is 6.03 Å². The number of carbonyl (C=O) groups excluding carboxylic acids is 1. The predicted octanol–water partition coefficient (Wildman–Crippen LogP) is 2.14. The Hall–Kier alpha value is -1.26. The third kappa shape index (κ3) is 3.62. The van der Waals surface area contributed by atoms with Crippen molar-refractivity contribution in [3.8, 4) is 0 Å². The van der Waals surface area contributed by atoms with Gasteiger partial charge in [0.15, 0.2) is 0 Å². The summed E-state index contributed by atoms with van der Waals surface area (Å²) < 4.78 is 4.86. The summed E-state index contributed by atoms with van der Waals surface area (Å²) in [7, 11) is 1.61. The molecule has 0 saturated heterocycles. The largest absolute Gasteiger partial charge is 0.383 e. The maximum Gasteiger partial charge on any atom is 0.315 e. The van der Waals surface area contributed by atoms with Gasteiger partial charge in [0, 0.05) is 30.6 Å². The van der Waals surface area contributed by atoms with Gasteiger partial charge in [0.25, 0.3) is 0 Å². The lowest BCUT2D eigenvalue weighted by Gasteiger charge is -2.07. The first-order chi connectivity index (χ1) is 8.70. The van der Waals surface area contributed by atoms with E-state index in [0.717, 1.165) is 11.4 Å². The molecule has 2 atom stereocenters. The zero-order chi connectivity index (χ0) is 13.0. The van der Waals surface area contributed by atoms with E-state index in [1.807, 2.05) is 24.3 Å². The number of hydrogen-bond acceptors (Lipinski definition) is 2. The molecular formula is C13H17ClN2O2. The van der Waals surface area contributed by atoms with E-state index in [-0.39, 0.29) is 12.1 Å². The van der Waals surface area contributed by atoms with Crippen LogP contribution >= 0.6 is 11.6 Å². The van der Waals surface area contributed by atoms with Crippen LogP contribution in [0.1, 0.15) is 17.9 Å². The number of urea groups is 1. The predicted molar refractivity (Wildman–Crippen MR) is 71.0 cm³/mol.